The largest absolute Gasteiger partial charge is 0.353 e. The van der Waals surface area contributed by atoms with Gasteiger partial charge in [-0.1, -0.05) is 6.07 Å². The number of aromatic nitrogens is 4. The lowest BCUT2D eigenvalue weighted by Crippen LogP contribution is -2.53. The van der Waals surface area contributed by atoms with Gasteiger partial charge in [-0.2, -0.15) is 0 Å². The molecule has 0 aliphatic carbocycles. The number of nitrogens with one attached hydrogen (secondary N) is 1. The molecule has 0 spiro atoms. The van der Waals surface area contributed by atoms with Gasteiger partial charge in [0, 0.05) is 55.6 Å². The van der Waals surface area contributed by atoms with Crippen LogP contribution < -0.4 is 15.8 Å². The second-order valence-corrected chi connectivity index (χ2v) is 8.40. The Morgan fingerprint density at radius 1 is 1.25 bits per heavy atom. The first-order valence-electron chi connectivity index (χ1n) is 10.9. The number of pyridine rings is 2. The van der Waals surface area contributed by atoms with Crippen LogP contribution in [-0.2, 0) is 17.9 Å². The maximum atomic E-state index is 14.5. The molecule has 1 saturated heterocycles. The van der Waals surface area contributed by atoms with Gasteiger partial charge in [-0.25, -0.2) is 14.4 Å². The first kappa shape index (κ1) is 20.4. The molecule has 9 heteroatoms. The van der Waals surface area contributed by atoms with Crippen LogP contribution in [0.25, 0.3) is 0 Å². The molecular formula is C23H25FN6O2. The van der Waals surface area contributed by atoms with E-state index in [9.17, 15) is 14.0 Å². The Labute approximate surface area is 184 Å². The van der Waals surface area contributed by atoms with Crippen LogP contribution in [-0.4, -0.2) is 38.1 Å². The van der Waals surface area contributed by atoms with Gasteiger partial charge in [0.25, 0.3) is 5.56 Å². The van der Waals surface area contributed by atoms with Crippen molar-refractivity contribution in [2.75, 3.05) is 18.0 Å². The highest BCUT2D eigenvalue weighted by molar-refractivity contribution is 5.81. The van der Waals surface area contributed by atoms with E-state index >= 15 is 0 Å². The number of piperidine rings is 1. The summed E-state index contributed by atoms with van der Waals surface area (Å²) in [5.74, 6) is -0.421. The summed E-state index contributed by atoms with van der Waals surface area (Å²) in [5.41, 5.74) is 1.53. The van der Waals surface area contributed by atoms with Crippen LogP contribution in [0.1, 0.15) is 36.7 Å². The minimum absolute atomic E-state index is 0.0228. The summed E-state index contributed by atoms with van der Waals surface area (Å²) in [6.07, 6.45) is 5.79. The second-order valence-electron chi connectivity index (χ2n) is 8.40. The lowest BCUT2D eigenvalue weighted by Gasteiger charge is -2.46. The van der Waals surface area contributed by atoms with Crippen LogP contribution >= 0.6 is 0 Å². The molecular weight excluding hydrogens is 411 g/mol. The zero-order valence-electron chi connectivity index (χ0n) is 17.8. The Morgan fingerprint density at radius 3 is 2.94 bits per heavy atom. The van der Waals surface area contributed by atoms with Gasteiger partial charge in [0.15, 0.2) is 11.6 Å². The summed E-state index contributed by atoms with van der Waals surface area (Å²) in [5, 5.41) is 3.00. The average molecular weight is 436 g/mol. The predicted octanol–water partition coefficient (Wildman–Crippen LogP) is 2.08. The third-order valence-electron chi connectivity index (χ3n) is 6.54. The minimum Gasteiger partial charge on any atom is -0.353 e. The summed E-state index contributed by atoms with van der Waals surface area (Å²) in [6, 6.07) is 7.41. The minimum atomic E-state index is -0.664. The molecule has 8 nitrogen and oxygen atoms in total. The monoisotopic (exact) mass is 436 g/mol. The van der Waals surface area contributed by atoms with E-state index < -0.39 is 6.04 Å². The van der Waals surface area contributed by atoms with E-state index in [2.05, 4.69) is 15.3 Å². The Balaban J connectivity index is 1.47. The van der Waals surface area contributed by atoms with Crippen molar-refractivity contribution < 1.29 is 9.18 Å². The van der Waals surface area contributed by atoms with Crippen LogP contribution in [0.3, 0.4) is 0 Å². The van der Waals surface area contributed by atoms with E-state index in [1.165, 1.54) is 12.1 Å². The average Bonchev–Trinajstić information content (AvgIpc) is 3.26. The van der Waals surface area contributed by atoms with E-state index in [-0.39, 0.29) is 29.1 Å². The number of anilines is 1. The summed E-state index contributed by atoms with van der Waals surface area (Å²) < 4.78 is 18.1. The number of halogens is 1. The molecule has 5 rings (SSSR count). The Morgan fingerprint density at radius 2 is 2.12 bits per heavy atom. The first-order valence-corrected chi connectivity index (χ1v) is 10.9. The van der Waals surface area contributed by atoms with Gasteiger partial charge in [0.1, 0.15) is 6.04 Å². The molecule has 0 aromatic carbocycles. The fraction of sp³-hybridized carbons (Fsp3) is 0.391. The van der Waals surface area contributed by atoms with Crippen molar-refractivity contribution in [1.29, 1.82) is 0 Å². The van der Waals surface area contributed by atoms with Crippen LogP contribution in [0.15, 0.2) is 53.8 Å². The van der Waals surface area contributed by atoms with E-state index in [1.54, 1.807) is 35.4 Å². The lowest BCUT2D eigenvalue weighted by atomic mass is 9.78. The van der Waals surface area contributed by atoms with E-state index in [1.807, 2.05) is 22.5 Å². The number of carbonyl (C=O) groups is 1. The van der Waals surface area contributed by atoms with E-state index in [0.717, 1.165) is 24.4 Å². The maximum absolute atomic E-state index is 14.5. The number of rotatable bonds is 5. The van der Waals surface area contributed by atoms with Crippen molar-refractivity contribution in [1.82, 2.24) is 24.4 Å². The smallest absolute Gasteiger partial charge is 0.251 e. The fourth-order valence-corrected chi connectivity index (χ4v) is 5.12. The van der Waals surface area contributed by atoms with E-state index in [4.69, 9.17) is 0 Å². The Bertz CT molecular complexity index is 1200. The highest BCUT2D eigenvalue weighted by atomic mass is 19.1. The second kappa shape index (κ2) is 8.22. The molecule has 5 heterocycles. The van der Waals surface area contributed by atoms with Crippen molar-refractivity contribution in [3.05, 3.63) is 76.6 Å². The molecule has 166 valence electrons. The number of amides is 1. The summed E-state index contributed by atoms with van der Waals surface area (Å²) in [6.45, 7) is 4.10. The number of nitrogens with zero attached hydrogens (tertiary/aromatic N) is 5. The number of fused-ring (bicyclic) bond motifs is 4. The van der Waals surface area contributed by atoms with Crippen LogP contribution in [0.2, 0.25) is 0 Å². The summed E-state index contributed by atoms with van der Waals surface area (Å²) >= 11 is 0. The standard InChI is InChI=1S/C23H25FN6O2/c1-2-28-14-25-10-17(28)11-27-23(32)21-16-9-15(19-6-3-7-20(31)30(19)21)12-29(13-16)22-18(24)5-4-8-26-22/h3-8,10,14-16,21H,2,9,11-13H2,1H3,(H,27,32)/t15-,16+,21-/m1/s1. The highest BCUT2D eigenvalue weighted by Gasteiger charge is 2.44. The van der Waals surface area contributed by atoms with Gasteiger partial charge in [-0.05, 0) is 31.5 Å². The van der Waals surface area contributed by atoms with E-state index in [0.29, 0.717) is 25.5 Å². The van der Waals surface area contributed by atoms with Gasteiger partial charge in [0.05, 0.1) is 18.6 Å². The molecule has 1 N–H and O–H groups in total. The molecule has 3 aromatic rings. The lowest BCUT2D eigenvalue weighted by molar-refractivity contribution is -0.127. The Hall–Kier alpha value is -3.49. The molecule has 1 fully saturated rings. The van der Waals surface area contributed by atoms with Crippen LogP contribution in [0, 0.1) is 11.7 Å². The number of hydrogen-bond acceptors (Lipinski definition) is 5. The normalized spacial score (nSPS) is 21.8. The fourth-order valence-electron chi connectivity index (χ4n) is 5.12. The van der Waals surface area contributed by atoms with Crippen molar-refractivity contribution >= 4 is 11.7 Å². The number of carbonyl (C=O) groups excluding carboxylic acids is 1. The number of imidazole rings is 1. The molecule has 0 saturated carbocycles. The maximum Gasteiger partial charge on any atom is 0.251 e. The van der Waals surface area contributed by atoms with Crippen LogP contribution in [0.4, 0.5) is 10.2 Å². The number of hydrogen-bond donors (Lipinski definition) is 1. The van der Waals surface area contributed by atoms with Gasteiger partial charge in [-0.3, -0.25) is 14.2 Å². The molecule has 2 bridgehead atoms. The summed E-state index contributed by atoms with van der Waals surface area (Å²) in [7, 11) is 0. The molecule has 0 unspecified atom stereocenters. The van der Waals surface area contributed by atoms with Crippen molar-refractivity contribution in [3.8, 4) is 0 Å². The van der Waals surface area contributed by atoms with Gasteiger partial charge >= 0.3 is 0 Å². The predicted molar refractivity (Wildman–Crippen MR) is 117 cm³/mol. The zero-order valence-corrected chi connectivity index (χ0v) is 17.8. The molecule has 2 aliphatic heterocycles. The van der Waals surface area contributed by atoms with Gasteiger partial charge in [0.2, 0.25) is 5.91 Å². The molecule has 0 radical (unpaired) electrons. The highest BCUT2D eigenvalue weighted by Crippen LogP contribution is 2.42. The van der Waals surface area contributed by atoms with Crippen molar-refractivity contribution in [2.45, 2.75) is 38.4 Å². The quantitative estimate of drug-likeness (QED) is 0.662. The molecule has 3 atom stereocenters. The topological polar surface area (TPSA) is 85.1 Å². The summed E-state index contributed by atoms with van der Waals surface area (Å²) in [4.78, 5) is 36.5. The molecule has 2 aliphatic rings. The molecule has 32 heavy (non-hydrogen) atoms. The number of aryl methyl sites for hydroxylation is 1. The first-order chi connectivity index (χ1) is 15.6. The molecule has 1 amide bonds. The Kier molecular flexibility index (Phi) is 5.24. The SMILES string of the molecule is CCn1cncc1CNC(=O)[C@H]1[C@H]2C[C@H](CN(c3ncccc3F)C2)c2cccc(=O)n21. The van der Waals surface area contributed by atoms with Gasteiger partial charge < -0.3 is 14.8 Å². The zero-order chi connectivity index (χ0) is 22.2. The van der Waals surface area contributed by atoms with Crippen molar-refractivity contribution in [2.24, 2.45) is 5.92 Å². The third kappa shape index (κ3) is 3.47. The third-order valence-corrected chi connectivity index (χ3v) is 6.54. The van der Waals surface area contributed by atoms with Crippen LogP contribution in [0.5, 0.6) is 0 Å². The van der Waals surface area contributed by atoms with Crippen molar-refractivity contribution in [3.63, 3.8) is 0 Å². The van der Waals surface area contributed by atoms with Gasteiger partial charge in [-0.15, -0.1) is 0 Å². The molecule has 3 aromatic heterocycles.